The number of benzene rings is 1. The summed E-state index contributed by atoms with van der Waals surface area (Å²) < 4.78 is 0.877. The van der Waals surface area contributed by atoms with E-state index in [4.69, 9.17) is 5.73 Å². The van der Waals surface area contributed by atoms with Crippen LogP contribution in [-0.4, -0.2) is 15.0 Å². The summed E-state index contributed by atoms with van der Waals surface area (Å²) in [5.41, 5.74) is 8.56. The van der Waals surface area contributed by atoms with Crippen molar-refractivity contribution in [3.8, 4) is 11.4 Å². The molecule has 1 aromatic carbocycles. The smallest absolute Gasteiger partial charge is 0.142 e. The lowest BCUT2D eigenvalue weighted by Gasteiger charge is -2.01. The molecule has 0 spiro atoms. The number of nitrogens with two attached hydrogens (primary N) is 1. The van der Waals surface area contributed by atoms with Crippen molar-refractivity contribution in [2.75, 3.05) is 5.73 Å². The molecule has 5 heteroatoms. The molecule has 0 radical (unpaired) electrons. The Morgan fingerprint density at radius 2 is 2.06 bits per heavy atom. The second-order valence-corrected chi connectivity index (χ2v) is 4.60. The summed E-state index contributed by atoms with van der Waals surface area (Å²) >= 11 is 3.38. The third-order valence-electron chi connectivity index (χ3n) is 2.53. The molecule has 3 N–H and O–H groups in total. The number of nitrogen functional groups attached to an aromatic ring is 1. The standard InChI is InChI=1S/C12H9BrN4/c13-7-5-8(11(14)15-6-7)12-16-9-3-1-2-4-10(9)17-12/h1-6H,(H2,14,15)(H,16,17). The van der Waals surface area contributed by atoms with Gasteiger partial charge in [0.05, 0.1) is 16.6 Å². The Bertz CT molecular complexity index is 657. The molecule has 0 aliphatic heterocycles. The number of para-hydroxylation sites is 2. The van der Waals surface area contributed by atoms with E-state index in [1.54, 1.807) is 6.20 Å². The van der Waals surface area contributed by atoms with E-state index in [1.807, 2.05) is 30.3 Å². The molecule has 0 bridgehead atoms. The largest absolute Gasteiger partial charge is 0.383 e. The summed E-state index contributed by atoms with van der Waals surface area (Å²) in [6.07, 6.45) is 1.67. The zero-order chi connectivity index (χ0) is 11.8. The van der Waals surface area contributed by atoms with Crippen LogP contribution < -0.4 is 5.73 Å². The maximum Gasteiger partial charge on any atom is 0.142 e. The third kappa shape index (κ3) is 1.78. The van der Waals surface area contributed by atoms with Crippen LogP contribution in [0.2, 0.25) is 0 Å². The molecule has 0 saturated carbocycles. The van der Waals surface area contributed by atoms with Crippen molar-refractivity contribution in [2.45, 2.75) is 0 Å². The van der Waals surface area contributed by atoms with Crippen LogP contribution in [-0.2, 0) is 0 Å². The first kappa shape index (κ1) is 10.3. The molecule has 0 atom stereocenters. The second-order valence-electron chi connectivity index (χ2n) is 3.69. The van der Waals surface area contributed by atoms with Gasteiger partial charge in [0, 0.05) is 10.7 Å². The van der Waals surface area contributed by atoms with Gasteiger partial charge in [0.1, 0.15) is 11.6 Å². The number of pyridine rings is 1. The van der Waals surface area contributed by atoms with E-state index in [-0.39, 0.29) is 0 Å². The number of fused-ring (bicyclic) bond motifs is 1. The van der Waals surface area contributed by atoms with Crippen molar-refractivity contribution in [2.24, 2.45) is 0 Å². The number of imidazole rings is 1. The Labute approximate surface area is 106 Å². The monoisotopic (exact) mass is 288 g/mol. The van der Waals surface area contributed by atoms with Crippen LogP contribution in [0.25, 0.3) is 22.4 Å². The average molecular weight is 289 g/mol. The predicted octanol–water partition coefficient (Wildman–Crippen LogP) is 2.97. The number of nitrogens with zero attached hydrogens (tertiary/aromatic N) is 2. The number of H-pyrrole nitrogens is 1. The van der Waals surface area contributed by atoms with Crippen molar-refractivity contribution in [3.05, 3.63) is 41.0 Å². The van der Waals surface area contributed by atoms with Crippen molar-refractivity contribution >= 4 is 32.8 Å². The molecule has 0 amide bonds. The van der Waals surface area contributed by atoms with Crippen molar-refractivity contribution < 1.29 is 0 Å². The number of halogens is 1. The quantitative estimate of drug-likeness (QED) is 0.723. The van der Waals surface area contributed by atoms with Crippen molar-refractivity contribution in [1.82, 2.24) is 15.0 Å². The molecule has 0 saturated heterocycles. The Morgan fingerprint density at radius 1 is 1.24 bits per heavy atom. The van der Waals surface area contributed by atoms with E-state index < -0.39 is 0 Å². The topological polar surface area (TPSA) is 67.6 Å². The van der Waals surface area contributed by atoms with Crippen LogP contribution in [0.1, 0.15) is 0 Å². The zero-order valence-electron chi connectivity index (χ0n) is 8.81. The first-order valence-electron chi connectivity index (χ1n) is 5.10. The molecular formula is C12H9BrN4. The van der Waals surface area contributed by atoms with Gasteiger partial charge in [0.25, 0.3) is 0 Å². The second kappa shape index (κ2) is 3.85. The lowest BCUT2D eigenvalue weighted by Crippen LogP contribution is -1.94. The maximum absolute atomic E-state index is 5.85. The molecule has 3 rings (SSSR count). The minimum absolute atomic E-state index is 0.465. The van der Waals surface area contributed by atoms with Gasteiger partial charge in [-0.2, -0.15) is 0 Å². The van der Waals surface area contributed by atoms with E-state index >= 15 is 0 Å². The number of anilines is 1. The normalized spacial score (nSPS) is 10.9. The minimum atomic E-state index is 0.465. The summed E-state index contributed by atoms with van der Waals surface area (Å²) in [6.45, 7) is 0. The number of aromatic amines is 1. The van der Waals surface area contributed by atoms with Gasteiger partial charge < -0.3 is 10.7 Å². The van der Waals surface area contributed by atoms with Crippen LogP contribution in [0.3, 0.4) is 0 Å². The average Bonchev–Trinajstić information content (AvgIpc) is 2.75. The van der Waals surface area contributed by atoms with Gasteiger partial charge in [0.2, 0.25) is 0 Å². The fourth-order valence-electron chi connectivity index (χ4n) is 1.72. The highest BCUT2D eigenvalue weighted by Crippen LogP contribution is 2.26. The Balaban J connectivity index is 2.23. The minimum Gasteiger partial charge on any atom is -0.383 e. The van der Waals surface area contributed by atoms with Crippen LogP contribution in [0.4, 0.5) is 5.82 Å². The highest BCUT2D eigenvalue weighted by molar-refractivity contribution is 9.10. The summed E-state index contributed by atoms with van der Waals surface area (Å²) in [4.78, 5) is 11.8. The molecule has 84 valence electrons. The van der Waals surface area contributed by atoms with Gasteiger partial charge >= 0.3 is 0 Å². The molecular weight excluding hydrogens is 280 g/mol. The molecule has 0 aliphatic carbocycles. The molecule has 17 heavy (non-hydrogen) atoms. The highest BCUT2D eigenvalue weighted by Gasteiger charge is 2.09. The fraction of sp³-hybridized carbons (Fsp3) is 0. The number of hydrogen-bond acceptors (Lipinski definition) is 3. The molecule has 4 nitrogen and oxygen atoms in total. The highest BCUT2D eigenvalue weighted by atomic mass is 79.9. The molecule has 2 heterocycles. The van der Waals surface area contributed by atoms with Crippen molar-refractivity contribution in [1.29, 1.82) is 0 Å². The summed E-state index contributed by atoms with van der Waals surface area (Å²) in [5, 5.41) is 0. The molecule has 3 aromatic rings. The van der Waals surface area contributed by atoms with Gasteiger partial charge in [-0.3, -0.25) is 0 Å². The first-order chi connectivity index (χ1) is 8.24. The van der Waals surface area contributed by atoms with Crippen LogP contribution in [0.15, 0.2) is 41.0 Å². The third-order valence-corrected chi connectivity index (χ3v) is 2.96. The molecule has 2 aromatic heterocycles. The van der Waals surface area contributed by atoms with Gasteiger partial charge in [-0.1, -0.05) is 12.1 Å². The number of aromatic nitrogens is 3. The number of hydrogen-bond donors (Lipinski definition) is 2. The summed E-state index contributed by atoms with van der Waals surface area (Å²) in [6, 6.07) is 9.76. The Kier molecular flexibility index (Phi) is 2.33. The van der Waals surface area contributed by atoms with Crippen LogP contribution in [0, 0.1) is 0 Å². The zero-order valence-corrected chi connectivity index (χ0v) is 10.4. The predicted molar refractivity (Wildman–Crippen MR) is 71.4 cm³/mol. The lowest BCUT2D eigenvalue weighted by molar-refractivity contribution is 1.27. The van der Waals surface area contributed by atoms with E-state index in [2.05, 4.69) is 30.9 Å². The summed E-state index contributed by atoms with van der Waals surface area (Å²) in [7, 11) is 0. The molecule has 0 aliphatic rings. The van der Waals surface area contributed by atoms with E-state index in [1.165, 1.54) is 0 Å². The van der Waals surface area contributed by atoms with E-state index in [0.29, 0.717) is 5.82 Å². The molecule has 0 fully saturated rings. The van der Waals surface area contributed by atoms with E-state index in [9.17, 15) is 0 Å². The Hall–Kier alpha value is -1.88. The first-order valence-corrected chi connectivity index (χ1v) is 5.89. The number of nitrogens with one attached hydrogen (secondary N) is 1. The lowest BCUT2D eigenvalue weighted by atomic mass is 10.2. The van der Waals surface area contributed by atoms with Crippen LogP contribution in [0.5, 0.6) is 0 Å². The van der Waals surface area contributed by atoms with Gasteiger partial charge in [-0.25, -0.2) is 9.97 Å². The van der Waals surface area contributed by atoms with Gasteiger partial charge in [0.15, 0.2) is 0 Å². The number of rotatable bonds is 1. The fourth-order valence-corrected chi connectivity index (χ4v) is 2.05. The molecule has 0 unspecified atom stereocenters. The van der Waals surface area contributed by atoms with Crippen LogP contribution >= 0.6 is 15.9 Å². The van der Waals surface area contributed by atoms with Crippen molar-refractivity contribution in [3.63, 3.8) is 0 Å². The summed E-state index contributed by atoms with van der Waals surface area (Å²) in [5.74, 6) is 1.20. The maximum atomic E-state index is 5.85. The SMILES string of the molecule is Nc1ncc(Br)cc1-c1nc2ccccc2[nH]1. The Morgan fingerprint density at radius 3 is 2.88 bits per heavy atom. The van der Waals surface area contributed by atoms with E-state index in [0.717, 1.165) is 26.9 Å². The van der Waals surface area contributed by atoms with Gasteiger partial charge in [-0.05, 0) is 34.1 Å². The van der Waals surface area contributed by atoms with Gasteiger partial charge in [-0.15, -0.1) is 0 Å².